The molecule has 0 radical (unpaired) electrons. The first-order chi connectivity index (χ1) is 6.94. The first-order valence-electron chi connectivity index (χ1n) is 4.81. The summed E-state index contributed by atoms with van der Waals surface area (Å²) >= 11 is 0. The minimum atomic E-state index is -3.37. The molecule has 15 heavy (non-hydrogen) atoms. The van der Waals surface area contributed by atoms with Crippen LogP contribution >= 0.6 is 0 Å². The Bertz CT molecular complexity index is 256. The van der Waals surface area contributed by atoms with Crippen molar-refractivity contribution in [2.75, 3.05) is 40.9 Å². The molecule has 0 heterocycles. The number of rotatable bonds is 8. The second kappa shape index (κ2) is 7.13. The highest BCUT2D eigenvalue weighted by atomic mass is 32.2. The van der Waals surface area contributed by atoms with Crippen LogP contribution in [0, 0.1) is 0 Å². The van der Waals surface area contributed by atoms with Gasteiger partial charge in [-0.1, -0.05) is 0 Å². The van der Waals surface area contributed by atoms with E-state index >= 15 is 0 Å². The maximum absolute atomic E-state index is 11.6. The number of nitrogens with one attached hydrogen (secondary N) is 2. The molecular formula is C8H21N3O3S. The van der Waals surface area contributed by atoms with E-state index in [1.807, 2.05) is 6.92 Å². The van der Waals surface area contributed by atoms with Gasteiger partial charge in [0.25, 0.3) is 10.2 Å². The molecule has 0 saturated heterocycles. The minimum absolute atomic E-state index is 0.107. The summed E-state index contributed by atoms with van der Waals surface area (Å²) in [7, 11) is 1.47. The van der Waals surface area contributed by atoms with Gasteiger partial charge in [-0.25, -0.2) is 4.72 Å². The lowest BCUT2D eigenvalue weighted by atomic mass is 10.4. The predicted octanol–water partition coefficient (Wildman–Crippen LogP) is -0.993. The van der Waals surface area contributed by atoms with Gasteiger partial charge in [0.1, 0.15) is 0 Å². The van der Waals surface area contributed by atoms with Crippen molar-refractivity contribution in [3.8, 4) is 0 Å². The second-order valence-electron chi connectivity index (χ2n) is 3.36. The molecule has 0 aromatic carbocycles. The molecule has 0 spiro atoms. The van der Waals surface area contributed by atoms with Crippen LogP contribution in [0.5, 0.6) is 0 Å². The normalized spacial score (nSPS) is 14.5. The summed E-state index contributed by atoms with van der Waals surface area (Å²) < 4.78 is 31.7. The smallest absolute Gasteiger partial charge is 0.279 e. The van der Waals surface area contributed by atoms with Crippen LogP contribution in [0.15, 0.2) is 0 Å². The summed E-state index contributed by atoms with van der Waals surface area (Å²) in [5, 5.41) is 2.95. The van der Waals surface area contributed by atoms with Gasteiger partial charge >= 0.3 is 0 Å². The third kappa shape index (κ3) is 6.06. The van der Waals surface area contributed by atoms with Crippen LogP contribution in [-0.2, 0) is 14.9 Å². The Morgan fingerprint density at radius 2 is 2.07 bits per heavy atom. The fourth-order valence-corrected chi connectivity index (χ4v) is 1.78. The van der Waals surface area contributed by atoms with E-state index in [1.165, 1.54) is 18.5 Å². The molecule has 1 atom stereocenters. The van der Waals surface area contributed by atoms with Crippen LogP contribution < -0.4 is 10.0 Å². The topological polar surface area (TPSA) is 70.7 Å². The van der Waals surface area contributed by atoms with Crippen LogP contribution in [0.1, 0.15) is 6.92 Å². The molecule has 0 fully saturated rings. The van der Waals surface area contributed by atoms with Gasteiger partial charge in [-0.05, 0) is 14.0 Å². The van der Waals surface area contributed by atoms with Gasteiger partial charge < -0.3 is 10.1 Å². The van der Waals surface area contributed by atoms with Crippen LogP contribution in [0.4, 0.5) is 0 Å². The first-order valence-corrected chi connectivity index (χ1v) is 6.25. The van der Waals surface area contributed by atoms with Crippen LogP contribution in [0.3, 0.4) is 0 Å². The van der Waals surface area contributed by atoms with Crippen molar-refractivity contribution >= 4 is 10.2 Å². The molecule has 6 nitrogen and oxygen atoms in total. The van der Waals surface area contributed by atoms with Crippen molar-refractivity contribution < 1.29 is 13.2 Å². The number of nitrogens with zero attached hydrogens (tertiary/aromatic N) is 1. The molecule has 0 aliphatic heterocycles. The van der Waals surface area contributed by atoms with E-state index in [9.17, 15) is 8.42 Å². The number of hydrogen-bond donors (Lipinski definition) is 2. The number of methoxy groups -OCH3 is 1. The van der Waals surface area contributed by atoms with E-state index in [4.69, 9.17) is 4.74 Å². The molecule has 0 aliphatic rings. The van der Waals surface area contributed by atoms with Crippen molar-refractivity contribution in [2.24, 2.45) is 0 Å². The molecule has 2 N–H and O–H groups in total. The maximum Gasteiger partial charge on any atom is 0.279 e. The average molecular weight is 239 g/mol. The Balaban J connectivity index is 4.05. The predicted molar refractivity (Wildman–Crippen MR) is 60.0 cm³/mol. The zero-order valence-electron chi connectivity index (χ0n) is 9.78. The summed E-state index contributed by atoms with van der Waals surface area (Å²) in [6, 6.07) is 0.107. The first kappa shape index (κ1) is 14.8. The lowest BCUT2D eigenvalue weighted by Crippen LogP contribution is -2.44. The van der Waals surface area contributed by atoms with Gasteiger partial charge in [-0.3, -0.25) is 0 Å². The highest BCUT2D eigenvalue weighted by molar-refractivity contribution is 7.87. The molecule has 1 unspecified atom stereocenters. The number of likely N-dealkylation sites (N-methyl/N-ethyl adjacent to an activating group) is 2. The van der Waals surface area contributed by atoms with E-state index in [0.717, 1.165) is 0 Å². The monoisotopic (exact) mass is 239 g/mol. The average Bonchev–Trinajstić information content (AvgIpc) is 2.22. The van der Waals surface area contributed by atoms with Gasteiger partial charge in [-0.2, -0.15) is 12.7 Å². The molecule has 0 bridgehead atoms. The summed E-state index contributed by atoms with van der Waals surface area (Å²) in [5.41, 5.74) is 0. The van der Waals surface area contributed by atoms with E-state index in [0.29, 0.717) is 19.7 Å². The molecule has 0 amide bonds. The standard InChI is InChI=1S/C8H21N3O3S/c1-8(9-2)7-10-15(12,13)11(3)5-6-14-4/h8-10H,5-7H2,1-4H3. The Hall–Kier alpha value is -0.210. The Morgan fingerprint density at radius 1 is 1.47 bits per heavy atom. The van der Waals surface area contributed by atoms with Crippen molar-refractivity contribution in [1.82, 2.24) is 14.3 Å². The zero-order chi connectivity index (χ0) is 11.9. The van der Waals surface area contributed by atoms with Crippen LogP contribution in [0.2, 0.25) is 0 Å². The molecule has 0 aromatic rings. The van der Waals surface area contributed by atoms with Gasteiger partial charge in [0, 0.05) is 33.3 Å². The molecule has 0 aromatic heterocycles. The molecule has 7 heteroatoms. The van der Waals surface area contributed by atoms with E-state index in [-0.39, 0.29) is 6.04 Å². The van der Waals surface area contributed by atoms with Crippen molar-refractivity contribution in [3.05, 3.63) is 0 Å². The zero-order valence-corrected chi connectivity index (χ0v) is 10.6. The summed E-state index contributed by atoms with van der Waals surface area (Å²) in [5.74, 6) is 0. The highest BCUT2D eigenvalue weighted by Crippen LogP contribution is 1.93. The van der Waals surface area contributed by atoms with Crippen LogP contribution in [-0.4, -0.2) is 59.7 Å². The summed E-state index contributed by atoms with van der Waals surface area (Å²) in [4.78, 5) is 0. The molecule has 0 saturated carbocycles. The van der Waals surface area contributed by atoms with Crippen molar-refractivity contribution in [2.45, 2.75) is 13.0 Å². The van der Waals surface area contributed by atoms with Gasteiger partial charge in [0.2, 0.25) is 0 Å². The number of ether oxygens (including phenoxy) is 1. The van der Waals surface area contributed by atoms with E-state index < -0.39 is 10.2 Å². The summed E-state index contributed by atoms with van der Waals surface area (Å²) in [6.07, 6.45) is 0. The third-order valence-electron chi connectivity index (χ3n) is 2.09. The Kier molecular flexibility index (Phi) is 7.03. The quantitative estimate of drug-likeness (QED) is 0.570. The van der Waals surface area contributed by atoms with Gasteiger partial charge in [0.05, 0.1) is 6.61 Å². The van der Waals surface area contributed by atoms with Crippen molar-refractivity contribution in [3.63, 3.8) is 0 Å². The van der Waals surface area contributed by atoms with E-state index in [2.05, 4.69) is 10.0 Å². The molecule has 0 aliphatic carbocycles. The highest BCUT2D eigenvalue weighted by Gasteiger charge is 2.16. The molecular weight excluding hydrogens is 218 g/mol. The van der Waals surface area contributed by atoms with Gasteiger partial charge in [-0.15, -0.1) is 0 Å². The van der Waals surface area contributed by atoms with E-state index in [1.54, 1.807) is 7.05 Å². The minimum Gasteiger partial charge on any atom is -0.383 e. The maximum atomic E-state index is 11.6. The lowest BCUT2D eigenvalue weighted by Gasteiger charge is -2.18. The van der Waals surface area contributed by atoms with Crippen LogP contribution in [0.25, 0.3) is 0 Å². The Morgan fingerprint density at radius 3 is 2.53 bits per heavy atom. The fourth-order valence-electron chi connectivity index (χ4n) is 0.783. The van der Waals surface area contributed by atoms with Gasteiger partial charge in [0.15, 0.2) is 0 Å². The molecule has 0 rings (SSSR count). The lowest BCUT2D eigenvalue weighted by molar-refractivity contribution is 0.184. The SMILES string of the molecule is CNC(C)CNS(=O)(=O)N(C)CCOC. The largest absolute Gasteiger partial charge is 0.383 e. The fraction of sp³-hybridized carbons (Fsp3) is 1.00. The van der Waals surface area contributed by atoms with Crippen molar-refractivity contribution in [1.29, 1.82) is 0 Å². The second-order valence-corrected chi connectivity index (χ2v) is 5.22. The summed E-state index contributed by atoms with van der Waals surface area (Å²) in [6.45, 7) is 3.01. The molecule has 92 valence electrons. The third-order valence-corrected chi connectivity index (χ3v) is 3.62. The number of hydrogen-bond acceptors (Lipinski definition) is 4. The Labute approximate surface area is 92.2 Å².